The minimum atomic E-state index is -0.368. The van der Waals surface area contributed by atoms with Crippen LogP contribution in [0.25, 0.3) is 0 Å². The van der Waals surface area contributed by atoms with Gasteiger partial charge >= 0.3 is 0 Å². The fourth-order valence-electron chi connectivity index (χ4n) is 3.16. The van der Waals surface area contributed by atoms with Crippen LogP contribution in [0.3, 0.4) is 0 Å². The fourth-order valence-corrected chi connectivity index (χ4v) is 3.16. The molecule has 3 N–H and O–H groups in total. The third-order valence-electron chi connectivity index (χ3n) is 4.63. The van der Waals surface area contributed by atoms with Gasteiger partial charge in [-0.3, -0.25) is 4.79 Å². The predicted molar refractivity (Wildman–Crippen MR) is 127 cm³/mol. The number of amides is 1. The van der Waals surface area contributed by atoms with Gasteiger partial charge < -0.3 is 30.0 Å². The van der Waals surface area contributed by atoms with E-state index in [4.69, 9.17) is 24.7 Å². The summed E-state index contributed by atoms with van der Waals surface area (Å²) >= 11 is 0. The molecule has 3 aromatic rings. The normalized spacial score (nSPS) is 10.0. The lowest BCUT2D eigenvalue weighted by molar-refractivity contribution is 0.102. The minimum Gasteiger partial charge on any atom is -0.492 e. The van der Waals surface area contributed by atoms with E-state index in [-0.39, 0.29) is 35.4 Å². The standard InChI is InChI=1S/C24H26N2O5.ClH/c1-28-21-19(24(27)26-17-7-5-4-6-8-17)15-20(22(29-2)23(21)30-3)31-18-11-9-16(10-12-18)13-14-25;/h4-12,15H,13-14,25H2,1-3H3,(H,26,27);1H. The fraction of sp³-hybridized carbons (Fsp3) is 0.208. The van der Waals surface area contributed by atoms with E-state index in [2.05, 4.69) is 5.32 Å². The molecule has 32 heavy (non-hydrogen) atoms. The highest BCUT2D eigenvalue weighted by Gasteiger charge is 2.26. The van der Waals surface area contributed by atoms with Crippen LogP contribution in [-0.2, 0) is 6.42 Å². The molecule has 0 fully saturated rings. The van der Waals surface area contributed by atoms with Crippen molar-refractivity contribution < 1.29 is 23.7 Å². The molecule has 0 radical (unpaired) electrons. The summed E-state index contributed by atoms with van der Waals surface area (Å²) in [5.41, 5.74) is 7.62. The topological polar surface area (TPSA) is 92.0 Å². The number of benzene rings is 3. The molecule has 0 aliphatic carbocycles. The molecule has 1 amide bonds. The van der Waals surface area contributed by atoms with Crippen molar-refractivity contribution in [3.05, 3.63) is 71.8 Å². The molecule has 0 unspecified atom stereocenters. The number of nitrogens with two attached hydrogens (primary N) is 1. The van der Waals surface area contributed by atoms with Crippen LogP contribution in [0.1, 0.15) is 15.9 Å². The zero-order chi connectivity index (χ0) is 22.2. The van der Waals surface area contributed by atoms with Gasteiger partial charge in [-0.25, -0.2) is 0 Å². The van der Waals surface area contributed by atoms with Gasteiger partial charge in [0, 0.05) is 11.8 Å². The van der Waals surface area contributed by atoms with Crippen LogP contribution in [-0.4, -0.2) is 33.8 Å². The minimum absolute atomic E-state index is 0. The molecule has 0 saturated heterocycles. The van der Waals surface area contributed by atoms with Crippen LogP contribution in [0, 0.1) is 0 Å². The Morgan fingerprint density at radius 1 is 0.875 bits per heavy atom. The molecule has 0 heterocycles. The number of carbonyl (C=O) groups is 1. The van der Waals surface area contributed by atoms with E-state index < -0.39 is 0 Å². The van der Waals surface area contributed by atoms with Gasteiger partial charge in [0.1, 0.15) is 5.75 Å². The van der Waals surface area contributed by atoms with E-state index in [9.17, 15) is 4.79 Å². The molecule has 0 aliphatic rings. The Labute approximate surface area is 193 Å². The highest BCUT2D eigenvalue weighted by Crippen LogP contribution is 2.48. The van der Waals surface area contributed by atoms with E-state index in [0.29, 0.717) is 29.5 Å². The monoisotopic (exact) mass is 458 g/mol. The number of rotatable bonds is 9. The van der Waals surface area contributed by atoms with Crippen LogP contribution in [0.4, 0.5) is 5.69 Å². The average molecular weight is 459 g/mol. The van der Waals surface area contributed by atoms with Gasteiger partial charge in [-0.05, 0) is 42.8 Å². The number of methoxy groups -OCH3 is 3. The van der Waals surface area contributed by atoms with E-state index in [1.807, 2.05) is 42.5 Å². The molecule has 0 saturated carbocycles. The van der Waals surface area contributed by atoms with Crippen LogP contribution in [0.2, 0.25) is 0 Å². The Morgan fingerprint density at radius 2 is 1.50 bits per heavy atom. The van der Waals surface area contributed by atoms with Crippen LogP contribution < -0.4 is 30.0 Å². The smallest absolute Gasteiger partial charge is 0.259 e. The molecule has 0 aromatic heterocycles. The summed E-state index contributed by atoms with van der Waals surface area (Å²) in [6.07, 6.45) is 0.782. The van der Waals surface area contributed by atoms with Crippen LogP contribution in [0.5, 0.6) is 28.7 Å². The van der Waals surface area contributed by atoms with Gasteiger partial charge in [0.25, 0.3) is 5.91 Å². The predicted octanol–water partition coefficient (Wildman–Crippen LogP) is 4.68. The Bertz CT molecular complexity index is 1030. The Hall–Kier alpha value is -3.42. The number of anilines is 1. The van der Waals surface area contributed by atoms with Gasteiger partial charge in [0.2, 0.25) is 11.5 Å². The molecule has 0 atom stereocenters. The van der Waals surface area contributed by atoms with Crippen molar-refractivity contribution in [1.82, 2.24) is 0 Å². The first-order valence-corrected chi connectivity index (χ1v) is 9.77. The molecular weight excluding hydrogens is 432 g/mol. The maximum Gasteiger partial charge on any atom is 0.259 e. The Morgan fingerprint density at radius 3 is 2.06 bits per heavy atom. The number of halogens is 1. The second kappa shape index (κ2) is 11.8. The molecular formula is C24H27ClN2O5. The summed E-state index contributed by atoms with van der Waals surface area (Å²) in [6.45, 7) is 0.573. The van der Waals surface area contributed by atoms with Gasteiger partial charge in [0.15, 0.2) is 11.5 Å². The number of para-hydroxylation sites is 1. The lowest BCUT2D eigenvalue weighted by atomic mass is 10.1. The molecule has 3 rings (SSSR count). The van der Waals surface area contributed by atoms with E-state index in [1.54, 1.807) is 18.2 Å². The highest BCUT2D eigenvalue weighted by molar-refractivity contribution is 6.07. The highest BCUT2D eigenvalue weighted by atomic mass is 35.5. The number of hydrogen-bond acceptors (Lipinski definition) is 6. The summed E-state index contributed by atoms with van der Waals surface area (Å²) in [7, 11) is 4.44. The van der Waals surface area contributed by atoms with Crippen LogP contribution >= 0.6 is 12.4 Å². The largest absolute Gasteiger partial charge is 0.492 e. The second-order valence-electron chi connectivity index (χ2n) is 6.63. The van der Waals surface area contributed by atoms with Crippen molar-refractivity contribution in [3.63, 3.8) is 0 Å². The van der Waals surface area contributed by atoms with Crippen molar-refractivity contribution in [2.75, 3.05) is 33.2 Å². The first-order chi connectivity index (χ1) is 15.1. The quantitative estimate of drug-likeness (QED) is 0.483. The zero-order valence-corrected chi connectivity index (χ0v) is 19.0. The van der Waals surface area contributed by atoms with Crippen molar-refractivity contribution in [1.29, 1.82) is 0 Å². The average Bonchev–Trinajstić information content (AvgIpc) is 2.80. The molecule has 8 heteroatoms. The zero-order valence-electron chi connectivity index (χ0n) is 18.2. The maximum atomic E-state index is 13.0. The van der Waals surface area contributed by atoms with E-state index >= 15 is 0 Å². The SMILES string of the molecule is COc1c(Oc2ccc(CCN)cc2)cc(C(=O)Nc2ccccc2)c(OC)c1OC.Cl. The molecule has 0 bridgehead atoms. The van der Waals surface area contributed by atoms with Crippen molar-refractivity contribution in [2.24, 2.45) is 5.73 Å². The maximum absolute atomic E-state index is 13.0. The van der Waals surface area contributed by atoms with Gasteiger partial charge in [-0.1, -0.05) is 30.3 Å². The van der Waals surface area contributed by atoms with Crippen LogP contribution in [0.15, 0.2) is 60.7 Å². The van der Waals surface area contributed by atoms with Crippen molar-refractivity contribution >= 4 is 24.0 Å². The summed E-state index contributed by atoms with van der Waals surface area (Å²) in [4.78, 5) is 13.0. The molecule has 3 aromatic carbocycles. The third-order valence-corrected chi connectivity index (χ3v) is 4.63. The summed E-state index contributed by atoms with van der Waals surface area (Å²) in [6, 6.07) is 18.3. The number of carbonyl (C=O) groups excluding carboxylic acids is 1. The van der Waals surface area contributed by atoms with Gasteiger partial charge in [0.05, 0.1) is 26.9 Å². The number of hydrogen-bond donors (Lipinski definition) is 2. The second-order valence-corrected chi connectivity index (χ2v) is 6.63. The number of ether oxygens (including phenoxy) is 4. The summed E-state index contributed by atoms with van der Waals surface area (Å²) < 4.78 is 22.6. The third kappa shape index (κ3) is 5.63. The molecule has 7 nitrogen and oxygen atoms in total. The lowest BCUT2D eigenvalue weighted by Gasteiger charge is -2.19. The summed E-state index contributed by atoms with van der Waals surface area (Å²) in [5, 5.41) is 2.85. The van der Waals surface area contributed by atoms with Gasteiger partial charge in [-0.15, -0.1) is 12.4 Å². The Balaban J connectivity index is 0.00000363. The van der Waals surface area contributed by atoms with E-state index in [1.165, 1.54) is 21.3 Å². The van der Waals surface area contributed by atoms with E-state index in [0.717, 1.165) is 12.0 Å². The van der Waals surface area contributed by atoms with Crippen molar-refractivity contribution in [2.45, 2.75) is 6.42 Å². The molecule has 170 valence electrons. The Kier molecular flexibility index (Phi) is 9.19. The number of nitrogens with one attached hydrogen (secondary N) is 1. The first kappa shape index (κ1) is 24.8. The molecule has 0 spiro atoms. The van der Waals surface area contributed by atoms with Gasteiger partial charge in [-0.2, -0.15) is 0 Å². The summed E-state index contributed by atoms with van der Waals surface area (Å²) in [5.74, 6) is 1.37. The van der Waals surface area contributed by atoms with Crippen molar-refractivity contribution in [3.8, 4) is 28.7 Å². The first-order valence-electron chi connectivity index (χ1n) is 9.77. The molecule has 0 aliphatic heterocycles. The lowest BCUT2D eigenvalue weighted by Crippen LogP contribution is -2.14.